The molecule has 3 aliphatic carbocycles. The molecule has 3 unspecified atom stereocenters. The molecule has 7 nitrogen and oxygen atoms in total. The molecule has 2 heterocycles. The van der Waals surface area contributed by atoms with Crippen molar-refractivity contribution in [2.75, 3.05) is 45.9 Å². The second-order valence-corrected chi connectivity index (χ2v) is 9.36. The molecule has 3 saturated carbocycles. The molecule has 2 saturated heterocycles. The first-order valence-corrected chi connectivity index (χ1v) is 11.4. The first-order valence-electron chi connectivity index (χ1n) is 11.4. The summed E-state index contributed by atoms with van der Waals surface area (Å²) < 4.78 is 6.07. The van der Waals surface area contributed by atoms with Crippen LogP contribution in [0.1, 0.15) is 45.4 Å². The molecule has 0 bridgehead atoms. The Balaban J connectivity index is 0.00000205. The van der Waals surface area contributed by atoms with E-state index in [4.69, 9.17) is 9.73 Å². The van der Waals surface area contributed by atoms with Gasteiger partial charge < -0.3 is 20.3 Å². The highest BCUT2D eigenvalue weighted by Crippen LogP contribution is 2.62. The molecule has 0 aromatic rings. The Morgan fingerprint density at radius 2 is 1.90 bits per heavy atom. The molecule has 8 heteroatoms. The number of nitrogens with one attached hydrogen (secondary N) is 2. The fourth-order valence-corrected chi connectivity index (χ4v) is 5.80. The number of hydrogen-bond donors (Lipinski definition) is 2. The van der Waals surface area contributed by atoms with E-state index in [2.05, 4.69) is 27.4 Å². The van der Waals surface area contributed by atoms with Gasteiger partial charge in [-0.2, -0.15) is 0 Å². The standard InChI is InChI=1S/C21H35N5O2.HI/c1-2-22-20(24-18-16-6-13-28-19(16)21(18)7-3-8-21)26-11-9-25(10-12-26)14-17(27)23-15-4-5-15;/h15-16,18-19H,2-14H2,1H3,(H,22,24)(H,23,27);1H. The highest BCUT2D eigenvalue weighted by atomic mass is 127. The number of fused-ring (bicyclic) bond motifs is 2. The molecule has 3 atom stereocenters. The average Bonchev–Trinajstić information content (AvgIpc) is 3.35. The number of amides is 1. The van der Waals surface area contributed by atoms with E-state index in [9.17, 15) is 4.79 Å². The molecular formula is C21H36IN5O2. The molecule has 2 N–H and O–H groups in total. The molecule has 1 amide bonds. The van der Waals surface area contributed by atoms with E-state index < -0.39 is 0 Å². The van der Waals surface area contributed by atoms with Crippen molar-refractivity contribution in [3.05, 3.63) is 0 Å². The van der Waals surface area contributed by atoms with Crippen LogP contribution in [-0.2, 0) is 9.53 Å². The predicted octanol–water partition coefficient (Wildman–Crippen LogP) is 1.42. The van der Waals surface area contributed by atoms with Crippen molar-refractivity contribution in [3.63, 3.8) is 0 Å². The molecule has 5 rings (SSSR count). The smallest absolute Gasteiger partial charge is 0.234 e. The summed E-state index contributed by atoms with van der Waals surface area (Å²) in [6.45, 7) is 8.10. The van der Waals surface area contributed by atoms with Gasteiger partial charge in [0.15, 0.2) is 5.96 Å². The first-order chi connectivity index (χ1) is 13.7. The van der Waals surface area contributed by atoms with Gasteiger partial charge in [0.2, 0.25) is 5.91 Å². The quantitative estimate of drug-likeness (QED) is 0.328. The van der Waals surface area contributed by atoms with E-state index in [-0.39, 0.29) is 29.9 Å². The van der Waals surface area contributed by atoms with E-state index in [1.807, 2.05) is 0 Å². The van der Waals surface area contributed by atoms with Crippen molar-refractivity contribution >= 4 is 35.8 Å². The fraction of sp³-hybridized carbons (Fsp3) is 0.905. The van der Waals surface area contributed by atoms with E-state index in [0.29, 0.717) is 36.1 Å². The summed E-state index contributed by atoms with van der Waals surface area (Å²) in [4.78, 5) is 21.6. The number of aliphatic imine (C=N–C) groups is 1. The zero-order chi connectivity index (χ0) is 19.1. The minimum atomic E-state index is 0. The van der Waals surface area contributed by atoms with Gasteiger partial charge in [0.05, 0.1) is 12.6 Å². The summed E-state index contributed by atoms with van der Waals surface area (Å²) >= 11 is 0. The van der Waals surface area contributed by atoms with E-state index in [0.717, 1.165) is 58.1 Å². The third kappa shape index (κ3) is 4.13. The van der Waals surface area contributed by atoms with Gasteiger partial charge in [-0.25, -0.2) is 0 Å². The normalized spacial score (nSPS) is 33.3. The molecule has 0 aromatic carbocycles. The number of halogens is 1. The Labute approximate surface area is 191 Å². The molecule has 1 spiro atoms. The van der Waals surface area contributed by atoms with Crippen LogP contribution in [0, 0.1) is 11.3 Å². The molecule has 0 radical (unpaired) electrons. The van der Waals surface area contributed by atoms with Crippen LogP contribution in [0.2, 0.25) is 0 Å². The molecule has 29 heavy (non-hydrogen) atoms. The van der Waals surface area contributed by atoms with Gasteiger partial charge in [-0.05, 0) is 39.0 Å². The Morgan fingerprint density at radius 3 is 2.52 bits per heavy atom. The monoisotopic (exact) mass is 517 g/mol. The van der Waals surface area contributed by atoms with Gasteiger partial charge >= 0.3 is 0 Å². The second kappa shape index (κ2) is 8.86. The van der Waals surface area contributed by atoms with Crippen molar-refractivity contribution in [1.29, 1.82) is 0 Å². The van der Waals surface area contributed by atoms with Crippen molar-refractivity contribution in [3.8, 4) is 0 Å². The number of carbonyl (C=O) groups excluding carboxylic acids is 1. The minimum Gasteiger partial charge on any atom is -0.377 e. The SMILES string of the molecule is CCN=C(NC1C2CCOC2C12CCC2)N1CCN(CC(=O)NC2CC2)CC1.I. The van der Waals surface area contributed by atoms with Gasteiger partial charge in [0, 0.05) is 62.7 Å². The molecule has 2 aliphatic heterocycles. The van der Waals surface area contributed by atoms with Crippen LogP contribution < -0.4 is 10.6 Å². The van der Waals surface area contributed by atoms with Crippen LogP contribution in [0.4, 0.5) is 0 Å². The lowest BCUT2D eigenvalue weighted by Crippen LogP contribution is -2.73. The highest BCUT2D eigenvalue weighted by molar-refractivity contribution is 14.0. The van der Waals surface area contributed by atoms with E-state index in [1.165, 1.54) is 25.7 Å². The van der Waals surface area contributed by atoms with Crippen LogP contribution in [0.3, 0.4) is 0 Å². The zero-order valence-electron chi connectivity index (χ0n) is 17.6. The molecular weight excluding hydrogens is 481 g/mol. The Bertz CT molecular complexity index is 629. The number of ether oxygens (including phenoxy) is 1. The number of carbonyl (C=O) groups is 1. The third-order valence-electron chi connectivity index (χ3n) is 7.61. The van der Waals surface area contributed by atoms with Gasteiger partial charge in [0.25, 0.3) is 0 Å². The molecule has 0 aromatic heterocycles. The second-order valence-electron chi connectivity index (χ2n) is 9.36. The van der Waals surface area contributed by atoms with Crippen LogP contribution in [-0.4, -0.2) is 85.7 Å². The van der Waals surface area contributed by atoms with Crippen LogP contribution in [0.5, 0.6) is 0 Å². The lowest BCUT2D eigenvalue weighted by Gasteiger charge is -2.63. The Kier molecular flexibility index (Phi) is 6.61. The van der Waals surface area contributed by atoms with E-state index >= 15 is 0 Å². The first kappa shape index (κ1) is 21.6. The summed E-state index contributed by atoms with van der Waals surface area (Å²) in [5, 5.41) is 6.97. The van der Waals surface area contributed by atoms with Gasteiger partial charge in [-0.15, -0.1) is 24.0 Å². The Morgan fingerprint density at radius 1 is 1.14 bits per heavy atom. The number of piperazine rings is 1. The molecule has 5 fully saturated rings. The van der Waals surface area contributed by atoms with Gasteiger partial charge in [-0.1, -0.05) is 6.42 Å². The fourth-order valence-electron chi connectivity index (χ4n) is 5.80. The van der Waals surface area contributed by atoms with Gasteiger partial charge in [-0.3, -0.25) is 14.7 Å². The molecule has 164 valence electrons. The summed E-state index contributed by atoms with van der Waals surface area (Å²) in [6, 6.07) is 0.979. The zero-order valence-corrected chi connectivity index (χ0v) is 19.9. The number of nitrogens with zero attached hydrogens (tertiary/aromatic N) is 3. The lowest BCUT2D eigenvalue weighted by molar-refractivity contribution is -0.171. The topological polar surface area (TPSA) is 69.2 Å². The van der Waals surface area contributed by atoms with Crippen molar-refractivity contribution in [1.82, 2.24) is 20.4 Å². The predicted molar refractivity (Wildman–Crippen MR) is 124 cm³/mol. The van der Waals surface area contributed by atoms with Crippen molar-refractivity contribution in [2.24, 2.45) is 16.3 Å². The van der Waals surface area contributed by atoms with Crippen molar-refractivity contribution in [2.45, 2.75) is 63.6 Å². The summed E-state index contributed by atoms with van der Waals surface area (Å²) in [5.41, 5.74) is 0.373. The number of rotatable bonds is 5. The number of guanidine groups is 1. The largest absolute Gasteiger partial charge is 0.377 e. The minimum absolute atomic E-state index is 0. The van der Waals surface area contributed by atoms with Crippen LogP contribution >= 0.6 is 24.0 Å². The van der Waals surface area contributed by atoms with Gasteiger partial charge in [0.1, 0.15) is 0 Å². The maximum absolute atomic E-state index is 12.1. The molecule has 5 aliphatic rings. The van der Waals surface area contributed by atoms with E-state index in [1.54, 1.807) is 0 Å². The summed E-state index contributed by atoms with van der Waals surface area (Å²) in [6.07, 6.45) is 7.92. The van der Waals surface area contributed by atoms with Crippen LogP contribution in [0.25, 0.3) is 0 Å². The Hall–Kier alpha value is -0.610. The lowest BCUT2D eigenvalue weighted by atomic mass is 9.46. The summed E-state index contributed by atoms with van der Waals surface area (Å²) in [5.74, 6) is 1.92. The summed E-state index contributed by atoms with van der Waals surface area (Å²) in [7, 11) is 0. The average molecular weight is 517 g/mol. The van der Waals surface area contributed by atoms with Crippen molar-refractivity contribution < 1.29 is 9.53 Å². The maximum Gasteiger partial charge on any atom is 0.234 e. The maximum atomic E-state index is 12.1. The highest BCUT2D eigenvalue weighted by Gasteiger charge is 2.66. The third-order valence-corrected chi connectivity index (χ3v) is 7.61. The number of hydrogen-bond acceptors (Lipinski definition) is 4. The van der Waals surface area contributed by atoms with Crippen LogP contribution in [0.15, 0.2) is 4.99 Å².